The van der Waals surface area contributed by atoms with Crippen LogP contribution in [0.25, 0.3) is 0 Å². The van der Waals surface area contributed by atoms with Gasteiger partial charge in [0.15, 0.2) is 0 Å². The highest BCUT2D eigenvalue weighted by molar-refractivity contribution is 5.95. The van der Waals surface area contributed by atoms with Gasteiger partial charge in [0, 0.05) is 50.5 Å². The molecule has 6 nitrogen and oxygen atoms in total. The molecule has 0 spiro atoms. The maximum atomic E-state index is 12.0. The summed E-state index contributed by atoms with van der Waals surface area (Å²) >= 11 is 0. The number of benzene rings is 2. The molecule has 2 saturated heterocycles. The average Bonchev–Trinajstić information content (AvgIpc) is 3.46. The van der Waals surface area contributed by atoms with Crippen molar-refractivity contribution in [3.8, 4) is 11.5 Å². The zero-order chi connectivity index (χ0) is 21.6. The summed E-state index contributed by atoms with van der Waals surface area (Å²) in [5, 5.41) is 0. The monoisotopic (exact) mass is 424 g/mol. The zero-order valence-electron chi connectivity index (χ0n) is 18.5. The minimum absolute atomic E-state index is 0.220. The van der Waals surface area contributed by atoms with Crippen LogP contribution in [0.3, 0.4) is 0 Å². The summed E-state index contributed by atoms with van der Waals surface area (Å²) in [6.45, 7) is 4.08. The average molecular weight is 425 g/mol. The van der Waals surface area contributed by atoms with Gasteiger partial charge in [-0.2, -0.15) is 0 Å². The minimum atomic E-state index is 0.220. The van der Waals surface area contributed by atoms with Gasteiger partial charge in [0.2, 0.25) is 5.91 Å². The lowest BCUT2D eigenvalue weighted by Crippen LogP contribution is -2.31. The van der Waals surface area contributed by atoms with Crippen LogP contribution >= 0.6 is 0 Å². The molecule has 0 saturated carbocycles. The van der Waals surface area contributed by atoms with E-state index >= 15 is 0 Å². The molecule has 0 bridgehead atoms. The van der Waals surface area contributed by atoms with Crippen molar-refractivity contribution in [2.24, 2.45) is 0 Å². The first-order valence-electron chi connectivity index (χ1n) is 11.1. The van der Waals surface area contributed by atoms with Gasteiger partial charge in [-0.05, 0) is 55.2 Å². The number of hydrogen-bond acceptors (Lipinski definition) is 5. The molecule has 2 aliphatic heterocycles. The second kappa shape index (κ2) is 10.2. The van der Waals surface area contributed by atoms with Gasteiger partial charge in [0.05, 0.1) is 20.3 Å². The zero-order valence-corrected chi connectivity index (χ0v) is 18.5. The van der Waals surface area contributed by atoms with E-state index in [0.717, 1.165) is 74.8 Å². The third-order valence-corrected chi connectivity index (χ3v) is 6.09. The number of ether oxygens (including phenoxy) is 3. The molecule has 2 aliphatic rings. The molecule has 0 aliphatic carbocycles. The Morgan fingerprint density at radius 2 is 1.90 bits per heavy atom. The van der Waals surface area contributed by atoms with Crippen LogP contribution in [0.1, 0.15) is 36.8 Å². The van der Waals surface area contributed by atoms with Crippen LogP contribution in [-0.4, -0.2) is 50.8 Å². The van der Waals surface area contributed by atoms with Gasteiger partial charge >= 0.3 is 0 Å². The molecule has 31 heavy (non-hydrogen) atoms. The van der Waals surface area contributed by atoms with Crippen molar-refractivity contribution >= 4 is 11.6 Å². The molecule has 1 atom stereocenters. The molecule has 2 aromatic rings. The fraction of sp³-hybridized carbons (Fsp3) is 0.480. The molecule has 2 fully saturated rings. The Hall–Kier alpha value is -2.57. The number of methoxy groups -OCH3 is 2. The summed E-state index contributed by atoms with van der Waals surface area (Å²) in [6, 6.07) is 14.3. The number of anilines is 1. The van der Waals surface area contributed by atoms with Crippen LogP contribution < -0.4 is 14.4 Å². The normalized spacial score (nSPS) is 18.7. The summed E-state index contributed by atoms with van der Waals surface area (Å²) in [5.41, 5.74) is 3.31. The molecule has 2 aromatic carbocycles. The van der Waals surface area contributed by atoms with Gasteiger partial charge in [-0.1, -0.05) is 12.1 Å². The lowest BCUT2D eigenvalue weighted by atomic mass is 10.1. The smallest absolute Gasteiger partial charge is 0.227 e. The third-order valence-electron chi connectivity index (χ3n) is 6.09. The predicted octanol–water partition coefficient (Wildman–Crippen LogP) is 4.01. The molecule has 0 radical (unpaired) electrons. The van der Waals surface area contributed by atoms with Gasteiger partial charge in [-0.3, -0.25) is 9.69 Å². The van der Waals surface area contributed by atoms with Crippen LogP contribution in [0.5, 0.6) is 11.5 Å². The van der Waals surface area contributed by atoms with E-state index in [9.17, 15) is 4.79 Å². The van der Waals surface area contributed by atoms with Gasteiger partial charge in [0.1, 0.15) is 11.5 Å². The predicted molar refractivity (Wildman–Crippen MR) is 121 cm³/mol. The highest BCUT2D eigenvalue weighted by atomic mass is 16.5. The largest absolute Gasteiger partial charge is 0.497 e. The number of rotatable bonds is 9. The van der Waals surface area contributed by atoms with Crippen molar-refractivity contribution in [2.75, 3.05) is 38.8 Å². The second-order valence-electron chi connectivity index (χ2n) is 8.30. The number of carbonyl (C=O) groups excluding carboxylic acids is 1. The van der Waals surface area contributed by atoms with Crippen molar-refractivity contribution in [2.45, 2.75) is 44.9 Å². The number of carbonyl (C=O) groups is 1. The summed E-state index contributed by atoms with van der Waals surface area (Å²) in [6.07, 6.45) is 4.08. The third kappa shape index (κ3) is 5.38. The van der Waals surface area contributed by atoms with E-state index in [1.807, 2.05) is 23.1 Å². The lowest BCUT2D eigenvalue weighted by Gasteiger charge is -2.26. The molecule has 0 aromatic heterocycles. The molecule has 0 N–H and O–H groups in total. The molecule has 166 valence electrons. The fourth-order valence-corrected chi connectivity index (χ4v) is 4.47. The molecule has 2 heterocycles. The molecule has 1 unspecified atom stereocenters. The highest BCUT2D eigenvalue weighted by Crippen LogP contribution is 2.27. The molecule has 1 amide bonds. The Kier molecular flexibility index (Phi) is 7.10. The van der Waals surface area contributed by atoms with Crippen LogP contribution in [-0.2, 0) is 22.6 Å². The molecular formula is C25H32N2O4. The van der Waals surface area contributed by atoms with Crippen molar-refractivity contribution < 1.29 is 19.0 Å². The molecular weight excluding hydrogens is 392 g/mol. The standard InChI is InChI=1S/C25H32N2O4/c1-29-22-11-12-24(30-2)20(15-22)17-26(18-23-5-4-14-31-23)16-19-7-9-21(10-8-19)27-13-3-6-25(27)28/h7-12,15,23H,3-6,13-14,16-18H2,1-2H3. The van der Waals surface area contributed by atoms with E-state index in [1.165, 1.54) is 5.56 Å². The summed E-state index contributed by atoms with van der Waals surface area (Å²) in [7, 11) is 3.39. The Labute approximate surface area is 184 Å². The van der Waals surface area contributed by atoms with E-state index in [0.29, 0.717) is 6.42 Å². The topological polar surface area (TPSA) is 51.2 Å². The number of nitrogens with zero attached hydrogens (tertiary/aromatic N) is 2. The molecule has 6 heteroatoms. The Bertz CT molecular complexity index is 878. The van der Waals surface area contributed by atoms with Crippen molar-refractivity contribution in [1.82, 2.24) is 4.90 Å². The van der Waals surface area contributed by atoms with Gasteiger partial charge in [-0.25, -0.2) is 0 Å². The Balaban J connectivity index is 1.50. The van der Waals surface area contributed by atoms with E-state index < -0.39 is 0 Å². The second-order valence-corrected chi connectivity index (χ2v) is 8.30. The van der Waals surface area contributed by atoms with E-state index in [4.69, 9.17) is 14.2 Å². The summed E-state index contributed by atoms with van der Waals surface area (Å²) < 4.78 is 16.9. The van der Waals surface area contributed by atoms with Crippen molar-refractivity contribution in [3.05, 3.63) is 53.6 Å². The minimum Gasteiger partial charge on any atom is -0.497 e. The Morgan fingerprint density at radius 3 is 2.55 bits per heavy atom. The van der Waals surface area contributed by atoms with E-state index in [-0.39, 0.29) is 12.0 Å². The molecule has 4 rings (SSSR count). The van der Waals surface area contributed by atoms with Gasteiger partial charge in [0.25, 0.3) is 0 Å². The van der Waals surface area contributed by atoms with E-state index in [2.05, 4.69) is 29.2 Å². The summed E-state index contributed by atoms with van der Waals surface area (Å²) in [5.74, 6) is 1.91. The van der Waals surface area contributed by atoms with Crippen LogP contribution in [0.4, 0.5) is 5.69 Å². The first kappa shape index (κ1) is 21.7. The van der Waals surface area contributed by atoms with Gasteiger partial charge in [-0.15, -0.1) is 0 Å². The van der Waals surface area contributed by atoms with Crippen molar-refractivity contribution in [1.29, 1.82) is 0 Å². The highest BCUT2D eigenvalue weighted by Gasteiger charge is 2.23. The first-order chi connectivity index (χ1) is 15.2. The SMILES string of the molecule is COc1ccc(OC)c(CN(Cc2ccc(N3CCCC3=O)cc2)CC2CCCO2)c1. The van der Waals surface area contributed by atoms with Gasteiger partial charge < -0.3 is 19.1 Å². The number of amides is 1. The summed E-state index contributed by atoms with van der Waals surface area (Å²) in [4.78, 5) is 16.3. The maximum Gasteiger partial charge on any atom is 0.227 e. The van der Waals surface area contributed by atoms with E-state index in [1.54, 1.807) is 14.2 Å². The lowest BCUT2D eigenvalue weighted by molar-refractivity contribution is -0.117. The first-order valence-corrected chi connectivity index (χ1v) is 11.1. The van der Waals surface area contributed by atoms with Crippen LogP contribution in [0, 0.1) is 0 Å². The Morgan fingerprint density at radius 1 is 1.06 bits per heavy atom. The van der Waals surface area contributed by atoms with Crippen LogP contribution in [0.15, 0.2) is 42.5 Å². The fourth-order valence-electron chi connectivity index (χ4n) is 4.47. The quantitative estimate of drug-likeness (QED) is 0.609. The number of hydrogen-bond donors (Lipinski definition) is 0. The maximum absolute atomic E-state index is 12.0. The van der Waals surface area contributed by atoms with Crippen molar-refractivity contribution in [3.63, 3.8) is 0 Å². The van der Waals surface area contributed by atoms with Crippen LogP contribution in [0.2, 0.25) is 0 Å².